The van der Waals surface area contributed by atoms with Crippen LogP contribution in [0.3, 0.4) is 0 Å². The lowest BCUT2D eigenvalue weighted by atomic mass is 10.2. The van der Waals surface area contributed by atoms with Gasteiger partial charge in [0.1, 0.15) is 5.69 Å². The van der Waals surface area contributed by atoms with E-state index in [1.54, 1.807) is 12.3 Å². The number of pyridine rings is 1. The fraction of sp³-hybridized carbons (Fsp3) is 0.286. The molecule has 0 spiro atoms. The highest BCUT2D eigenvalue weighted by Gasteiger charge is 1.96. The predicted molar refractivity (Wildman–Crippen MR) is 39.2 cm³/mol. The van der Waals surface area contributed by atoms with Crippen molar-refractivity contribution in [3.05, 3.63) is 28.4 Å². The SMILES string of the molecule is Cc1cc(N=O)c(C)cn1. The van der Waals surface area contributed by atoms with E-state index >= 15 is 0 Å². The molecule has 0 aliphatic carbocycles. The van der Waals surface area contributed by atoms with E-state index in [9.17, 15) is 4.91 Å². The Labute approximate surface area is 59.1 Å². The summed E-state index contributed by atoms with van der Waals surface area (Å²) in [6.45, 7) is 3.64. The van der Waals surface area contributed by atoms with E-state index in [0.717, 1.165) is 11.3 Å². The molecule has 52 valence electrons. The van der Waals surface area contributed by atoms with Gasteiger partial charge in [-0.15, -0.1) is 4.91 Å². The number of hydrogen-bond acceptors (Lipinski definition) is 3. The van der Waals surface area contributed by atoms with Crippen LogP contribution in [0.15, 0.2) is 17.4 Å². The van der Waals surface area contributed by atoms with Gasteiger partial charge in [-0.25, -0.2) is 0 Å². The minimum Gasteiger partial charge on any atom is -0.261 e. The van der Waals surface area contributed by atoms with Crippen LogP contribution in [0.2, 0.25) is 0 Å². The molecule has 0 saturated heterocycles. The van der Waals surface area contributed by atoms with Gasteiger partial charge in [0.15, 0.2) is 0 Å². The van der Waals surface area contributed by atoms with Gasteiger partial charge >= 0.3 is 0 Å². The zero-order valence-corrected chi connectivity index (χ0v) is 5.96. The first kappa shape index (κ1) is 6.86. The van der Waals surface area contributed by atoms with Gasteiger partial charge in [-0.2, -0.15) is 0 Å². The quantitative estimate of drug-likeness (QED) is 0.555. The molecule has 0 fully saturated rings. The number of nitrogens with zero attached hydrogens (tertiary/aromatic N) is 2. The Kier molecular flexibility index (Phi) is 1.76. The normalized spacial score (nSPS) is 9.40. The Morgan fingerprint density at radius 1 is 1.50 bits per heavy atom. The number of hydrogen-bond donors (Lipinski definition) is 0. The van der Waals surface area contributed by atoms with Gasteiger partial charge in [-0.3, -0.25) is 4.98 Å². The zero-order valence-electron chi connectivity index (χ0n) is 5.96. The molecule has 0 saturated carbocycles. The van der Waals surface area contributed by atoms with Crippen molar-refractivity contribution >= 4 is 5.69 Å². The van der Waals surface area contributed by atoms with Gasteiger partial charge in [-0.05, 0) is 30.7 Å². The first-order valence-corrected chi connectivity index (χ1v) is 3.00. The van der Waals surface area contributed by atoms with E-state index in [-0.39, 0.29) is 0 Å². The minimum absolute atomic E-state index is 0.479. The first-order valence-electron chi connectivity index (χ1n) is 3.00. The number of rotatable bonds is 1. The standard InChI is InChI=1S/C7H8N2O/c1-5-4-8-6(2)3-7(5)9-10/h3-4H,1-2H3. The van der Waals surface area contributed by atoms with E-state index in [4.69, 9.17) is 0 Å². The largest absolute Gasteiger partial charge is 0.261 e. The van der Waals surface area contributed by atoms with Crippen molar-refractivity contribution in [2.45, 2.75) is 13.8 Å². The topological polar surface area (TPSA) is 42.3 Å². The summed E-state index contributed by atoms with van der Waals surface area (Å²) in [5.41, 5.74) is 2.12. The lowest BCUT2D eigenvalue weighted by Gasteiger charge is -1.95. The molecule has 1 heterocycles. The van der Waals surface area contributed by atoms with Crippen LogP contribution in [0, 0.1) is 18.8 Å². The summed E-state index contributed by atoms with van der Waals surface area (Å²) in [7, 11) is 0. The third-order valence-corrected chi connectivity index (χ3v) is 1.31. The molecule has 0 radical (unpaired) electrons. The van der Waals surface area contributed by atoms with Crippen molar-refractivity contribution in [1.82, 2.24) is 4.98 Å². The van der Waals surface area contributed by atoms with E-state index in [2.05, 4.69) is 10.2 Å². The summed E-state index contributed by atoms with van der Waals surface area (Å²) in [5.74, 6) is 0. The molecule has 0 bridgehead atoms. The van der Waals surface area contributed by atoms with Crippen molar-refractivity contribution in [3.8, 4) is 0 Å². The second kappa shape index (κ2) is 2.56. The zero-order chi connectivity index (χ0) is 7.56. The maximum Gasteiger partial charge on any atom is 0.114 e. The lowest BCUT2D eigenvalue weighted by molar-refractivity contribution is 1.16. The van der Waals surface area contributed by atoms with Crippen LogP contribution in [0.5, 0.6) is 0 Å². The molecular formula is C7H8N2O. The second-order valence-corrected chi connectivity index (χ2v) is 2.20. The fourth-order valence-corrected chi connectivity index (χ4v) is 0.712. The molecule has 1 aromatic rings. The Balaban J connectivity index is 3.21. The number of aryl methyl sites for hydroxylation is 2. The van der Waals surface area contributed by atoms with Gasteiger partial charge in [0.05, 0.1) is 0 Å². The van der Waals surface area contributed by atoms with E-state index in [1.165, 1.54) is 0 Å². The molecule has 3 nitrogen and oxygen atoms in total. The summed E-state index contributed by atoms with van der Waals surface area (Å²) >= 11 is 0. The maximum atomic E-state index is 10.1. The van der Waals surface area contributed by atoms with Gasteiger partial charge in [0, 0.05) is 11.9 Å². The third kappa shape index (κ3) is 1.18. The van der Waals surface area contributed by atoms with Gasteiger partial charge < -0.3 is 0 Å². The van der Waals surface area contributed by atoms with Crippen LogP contribution >= 0.6 is 0 Å². The van der Waals surface area contributed by atoms with Crippen LogP contribution in [-0.2, 0) is 0 Å². The monoisotopic (exact) mass is 136 g/mol. The molecule has 1 aromatic heterocycles. The maximum absolute atomic E-state index is 10.1. The molecular weight excluding hydrogens is 128 g/mol. The minimum atomic E-state index is 0.479. The molecule has 0 atom stereocenters. The Hall–Kier alpha value is -1.25. The molecule has 1 rings (SSSR count). The van der Waals surface area contributed by atoms with Gasteiger partial charge in [0.2, 0.25) is 0 Å². The highest BCUT2D eigenvalue weighted by atomic mass is 16.3. The highest BCUT2D eigenvalue weighted by Crippen LogP contribution is 2.16. The van der Waals surface area contributed by atoms with Crippen molar-refractivity contribution in [1.29, 1.82) is 0 Å². The average molecular weight is 136 g/mol. The Morgan fingerprint density at radius 2 is 2.20 bits per heavy atom. The molecule has 10 heavy (non-hydrogen) atoms. The lowest BCUT2D eigenvalue weighted by Crippen LogP contribution is -1.81. The Bertz CT molecular complexity index is 258. The van der Waals surface area contributed by atoms with Crippen molar-refractivity contribution in [2.24, 2.45) is 5.18 Å². The van der Waals surface area contributed by atoms with Crippen LogP contribution in [-0.4, -0.2) is 4.98 Å². The molecule has 3 heteroatoms. The fourth-order valence-electron chi connectivity index (χ4n) is 0.712. The summed E-state index contributed by atoms with van der Waals surface area (Å²) in [6, 6.07) is 1.67. The van der Waals surface area contributed by atoms with Crippen LogP contribution in [0.1, 0.15) is 11.3 Å². The van der Waals surface area contributed by atoms with Crippen LogP contribution < -0.4 is 0 Å². The van der Waals surface area contributed by atoms with Gasteiger partial charge in [0.25, 0.3) is 0 Å². The second-order valence-electron chi connectivity index (χ2n) is 2.20. The summed E-state index contributed by atoms with van der Waals surface area (Å²) in [5, 5.41) is 2.84. The average Bonchev–Trinajstić information content (AvgIpc) is 1.94. The summed E-state index contributed by atoms with van der Waals surface area (Å²) < 4.78 is 0. The number of nitroso groups, excluding NO2 is 1. The van der Waals surface area contributed by atoms with Crippen molar-refractivity contribution in [3.63, 3.8) is 0 Å². The molecule has 0 N–H and O–H groups in total. The molecule has 0 amide bonds. The van der Waals surface area contributed by atoms with Crippen LogP contribution in [0.25, 0.3) is 0 Å². The van der Waals surface area contributed by atoms with E-state index in [0.29, 0.717) is 5.69 Å². The Morgan fingerprint density at radius 3 is 2.70 bits per heavy atom. The molecule has 0 unspecified atom stereocenters. The third-order valence-electron chi connectivity index (χ3n) is 1.31. The predicted octanol–water partition coefficient (Wildman–Crippen LogP) is 2.10. The van der Waals surface area contributed by atoms with E-state index < -0.39 is 0 Å². The van der Waals surface area contributed by atoms with Crippen LogP contribution in [0.4, 0.5) is 5.69 Å². The highest BCUT2D eigenvalue weighted by molar-refractivity contribution is 5.44. The summed E-state index contributed by atoms with van der Waals surface area (Å²) in [6.07, 6.45) is 1.64. The number of aromatic nitrogens is 1. The molecule has 0 aromatic carbocycles. The summed E-state index contributed by atoms with van der Waals surface area (Å²) in [4.78, 5) is 14.1. The van der Waals surface area contributed by atoms with Gasteiger partial charge in [-0.1, -0.05) is 0 Å². The van der Waals surface area contributed by atoms with E-state index in [1.807, 2.05) is 13.8 Å². The first-order chi connectivity index (χ1) is 4.74. The smallest absolute Gasteiger partial charge is 0.114 e. The van der Waals surface area contributed by atoms with Crippen molar-refractivity contribution in [2.75, 3.05) is 0 Å². The molecule has 0 aliphatic heterocycles. The van der Waals surface area contributed by atoms with Crippen molar-refractivity contribution < 1.29 is 0 Å². The molecule has 0 aliphatic rings.